The first-order chi connectivity index (χ1) is 16.1. The van der Waals surface area contributed by atoms with Crippen LogP contribution in [0, 0.1) is 0 Å². The van der Waals surface area contributed by atoms with Crippen LogP contribution in [0.25, 0.3) is 0 Å². The van der Waals surface area contributed by atoms with Gasteiger partial charge in [0.05, 0.1) is 13.2 Å². The highest BCUT2D eigenvalue weighted by atomic mass is 32.3. The average molecular weight is 606 g/mol. The molecular weight excluding hydrogens is 586 g/mol. The molecule has 36 heavy (non-hydrogen) atoms. The van der Waals surface area contributed by atoms with Crippen LogP contribution in [0.1, 0.15) is 19.3 Å². The Morgan fingerprint density at radius 3 is 1.64 bits per heavy atom. The molecule has 2 heterocycles. The van der Waals surface area contributed by atoms with E-state index in [1.165, 1.54) is 0 Å². The standard InChI is InChI=1S/C14H19F8N3O8S3/c15-11(16,10(26)24-6-8-33-9-7-24)34(27,28)23-35(29,30)13(19,20)12(17,18)14(21,22)36(31,32)25-4-2-1-3-5-25/h23H,1-9H2. The molecule has 0 unspecified atom stereocenters. The fourth-order valence-corrected chi connectivity index (χ4v) is 7.48. The number of piperidine rings is 1. The number of hydrogen-bond acceptors (Lipinski definition) is 8. The van der Waals surface area contributed by atoms with Crippen molar-refractivity contribution in [2.45, 2.75) is 40.9 Å². The third-order valence-corrected chi connectivity index (χ3v) is 10.6. The molecule has 2 rings (SSSR count). The van der Waals surface area contributed by atoms with Crippen LogP contribution in [0.15, 0.2) is 0 Å². The number of amides is 1. The van der Waals surface area contributed by atoms with Gasteiger partial charge in [-0.2, -0.15) is 39.4 Å². The molecule has 0 aromatic rings. The van der Waals surface area contributed by atoms with Crippen LogP contribution in [0.3, 0.4) is 0 Å². The molecule has 0 spiro atoms. The van der Waals surface area contributed by atoms with Crippen LogP contribution in [0.4, 0.5) is 35.1 Å². The van der Waals surface area contributed by atoms with Crippen molar-refractivity contribution in [3.05, 3.63) is 0 Å². The maximum atomic E-state index is 14.3. The molecule has 0 atom stereocenters. The van der Waals surface area contributed by atoms with E-state index in [1.54, 1.807) is 0 Å². The van der Waals surface area contributed by atoms with Crippen molar-refractivity contribution >= 4 is 36.0 Å². The zero-order valence-electron chi connectivity index (χ0n) is 17.8. The summed E-state index contributed by atoms with van der Waals surface area (Å²) in [6, 6.07) is 0. The van der Waals surface area contributed by atoms with Crippen LogP contribution in [-0.2, 0) is 39.6 Å². The van der Waals surface area contributed by atoms with Crippen molar-refractivity contribution in [3.63, 3.8) is 0 Å². The number of carbonyl (C=O) groups is 1. The molecule has 2 aliphatic heterocycles. The van der Waals surface area contributed by atoms with Crippen LogP contribution < -0.4 is 4.13 Å². The maximum absolute atomic E-state index is 14.3. The van der Waals surface area contributed by atoms with E-state index < -0.39 is 88.0 Å². The number of hydrogen-bond donors (Lipinski definition) is 1. The van der Waals surface area contributed by atoms with Crippen molar-refractivity contribution in [2.24, 2.45) is 0 Å². The number of halogens is 8. The van der Waals surface area contributed by atoms with E-state index in [9.17, 15) is 65.2 Å². The van der Waals surface area contributed by atoms with E-state index in [-0.39, 0.29) is 41.7 Å². The van der Waals surface area contributed by atoms with Gasteiger partial charge in [0.25, 0.3) is 20.0 Å². The summed E-state index contributed by atoms with van der Waals surface area (Å²) in [6.07, 6.45) is 0.0287. The third kappa shape index (κ3) is 4.90. The second-order valence-electron chi connectivity index (χ2n) is 7.58. The molecule has 2 saturated heterocycles. The lowest BCUT2D eigenvalue weighted by molar-refractivity contribution is -0.245. The summed E-state index contributed by atoms with van der Waals surface area (Å²) in [7, 11) is -21.5. The Balaban J connectivity index is 2.42. The van der Waals surface area contributed by atoms with Gasteiger partial charge >= 0.3 is 37.6 Å². The SMILES string of the molecule is O=C(N1CCOCC1)C(F)(F)S(=O)(=O)NS(=O)(=O)C(F)(F)C(F)(F)C(F)(F)S(=O)(=O)N1CCCCC1. The molecule has 212 valence electrons. The summed E-state index contributed by atoms with van der Waals surface area (Å²) in [6.45, 7) is -3.64. The van der Waals surface area contributed by atoms with Gasteiger partial charge in [0.2, 0.25) is 0 Å². The Morgan fingerprint density at radius 1 is 0.694 bits per heavy atom. The number of carbonyl (C=O) groups excluding carboxylic acids is 1. The number of ether oxygens (including phenoxy) is 1. The highest BCUT2D eigenvalue weighted by Crippen LogP contribution is 2.51. The fourth-order valence-electron chi connectivity index (χ4n) is 3.08. The Hall–Kier alpha value is -1.36. The van der Waals surface area contributed by atoms with E-state index in [2.05, 4.69) is 0 Å². The van der Waals surface area contributed by atoms with E-state index >= 15 is 0 Å². The van der Waals surface area contributed by atoms with Crippen LogP contribution in [-0.4, -0.2) is 101 Å². The van der Waals surface area contributed by atoms with Gasteiger partial charge in [0, 0.05) is 26.2 Å². The van der Waals surface area contributed by atoms with Crippen LogP contribution in [0.2, 0.25) is 0 Å². The Bertz CT molecular complexity index is 1170. The monoisotopic (exact) mass is 605 g/mol. The molecule has 0 radical (unpaired) electrons. The van der Waals surface area contributed by atoms with Gasteiger partial charge < -0.3 is 9.64 Å². The number of alkyl halides is 8. The molecule has 2 aliphatic rings. The minimum atomic E-state index is -7.76. The lowest BCUT2D eigenvalue weighted by Gasteiger charge is -2.36. The van der Waals surface area contributed by atoms with Gasteiger partial charge in [-0.3, -0.25) is 4.79 Å². The first-order valence-corrected chi connectivity index (χ1v) is 14.1. The summed E-state index contributed by atoms with van der Waals surface area (Å²) < 4.78 is 189. The second kappa shape index (κ2) is 9.75. The smallest absolute Gasteiger partial charge is 0.378 e. The number of sulfonamides is 3. The van der Waals surface area contributed by atoms with Crippen molar-refractivity contribution in [1.29, 1.82) is 0 Å². The Morgan fingerprint density at radius 2 is 1.17 bits per heavy atom. The fraction of sp³-hybridized carbons (Fsp3) is 0.929. The predicted molar refractivity (Wildman–Crippen MR) is 103 cm³/mol. The van der Waals surface area contributed by atoms with E-state index in [0.717, 1.165) is 0 Å². The minimum Gasteiger partial charge on any atom is -0.378 e. The van der Waals surface area contributed by atoms with Gasteiger partial charge in [-0.05, 0) is 12.8 Å². The van der Waals surface area contributed by atoms with Gasteiger partial charge in [0.1, 0.15) is 0 Å². The summed E-state index contributed by atoms with van der Waals surface area (Å²) >= 11 is 0. The van der Waals surface area contributed by atoms with Crippen molar-refractivity contribution in [3.8, 4) is 0 Å². The highest BCUT2D eigenvalue weighted by Gasteiger charge is 2.83. The van der Waals surface area contributed by atoms with E-state index in [1.807, 2.05) is 0 Å². The van der Waals surface area contributed by atoms with Crippen molar-refractivity contribution in [2.75, 3.05) is 39.4 Å². The van der Waals surface area contributed by atoms with Gasteiger partial charge in [0.15, 0.2) is 0 Å². The molecule has 0 saturated carbocycles. The molecule has 1 amide bonds. The molecular formula is C14H19F8N3O8S3. The van der Waals surface area contributed by atoms with Gasteiger partial charge in [-0.1, -0.05) is 10.5 Å². The zero-order chi connectivity index (χ0) is 28.0. The lowest BCUT2D eigenvalue weighted by Crippen LogP contribution is -2.66. The summed E-state index contributed by atoms with van der Waals surface area (Å²) in [5.41, 5.74) is 0. The van der Waals surface area contributed by atoms with Crippen LogP contribution in [0.5, 0.6) is 0 Å². The molecule has 0 aromatic heterocycles. The van der Waals surface area contributed by atoms with E-state index in [0.29, 0.717) is 0 Å². The number of rotatable bonds is 9. The normalized spacial score (nSPS) is 20.4. The quantitative estimate of drug-likeness (QED) is 0.370. The van der Waals surface area contributed by atoms with E-state index in [4.69, 9.17) is 4.74 Å². The summed E-state index contributed by atoms with van der Waals surface area (Å²) in [5.74, 6) is -10.0. The van der Waals surface area contributed by atoms with Crippen LogP contribution >= 0.6 is 0 Å². The molecule has 0 bridgehead atoms. The first kappa shape index (κ1) is 30.9. The highest BCUT2D eigenvalue weighted by molar-refractivity contribution is 8.06. The average Bonchev–Trinajstić information content (AvgIpc) is 2.78. The number of nitrogens with one attached hydrogen (secondary N) is 1. The van der Waals surface area contributed by atoms with Gasteiger partial charge in [-0.15, -0.1) is 0 Å². The second-order valence-corrected chi connectivity index (χ2v) is 13.3. The number of morpholine rings is 1. The molecule has 1 N–H and O–H groups in total. The Kier molecular flexibility index (Phi) is 8.36. The van der Waals surface area contributed by atoms with Crippen molar-refractivity contribution in [1.82, 2.24) is 13.3 Å². The molecule has 22 heteroatoms. The van der Waals surface area contributed by atoms with Gasteiger partial charge in [-0.25, -0.2) is 25.3 Å². The number of nitrogens with zero attached hydrogens (tertiary/aromatic N) is 2. The molecule has 0 aromatic carbocycles. The minimum absolute atomic E-state index is 0.123. The first-order valence-electron chi connectivity index (χ1n) is 9.74. The molecule has 2 fully saturated rings. The molecule has 0 aliphatic carbocycles. The summed E-state index contributed by atoms with van der Waals surface area (Å²) in [4.78, 5) is 12.0. The molecule has 11 nitrogen and oxygen atoms in total. The van der Waals surface area contributed by atoms with Crippen molar-refractivity contribution < 1.29 is 69.9 Å². The third-order valence-electron chi connectivity index (χ3n) is 5.15. The lowest BCUT2D eigenvalue weighted by atomic mass is 10.2. The Labute approximate surface area is 199 Å². The largest absolute Gasteiger partial charge is 0.436 e. The maximum Gasteiger partial charge on any atom is 0.436 e. The predicted octanol–water partition coefficient (Wildman–Crippen LogP) is 0.324. The topological polar surface area (TPSA) is 147 Å². The zero-order valence-corrected chi connectivity index (χ0v) is 20.2. The summed E-state index contributed by atoms with van der Waals surface area (Å²) in [5, 5.41) is -20.0.